The average Bonchev–Trinajstić information content (AvgIpc) is 2.56. The van der Waals surface area contributed by atoms with Crippen LogP contribution in [0.4, 0.5) is 0 Å². The summed E-state index contributed by atoms with van der Waals surface area (Å²) in [4.78, 5) is 13.4. The second kappa shape index (κ2) is 50.6. The van der Waals surface area contributed by atoms with Gasteiger partial charge in [-0.05, 0) is 57.8 Å². The van der Waals surface area contributed by atoms with Crippen molar-refractivity contribution in [3.8, 4) is 0 Å². The molecule has 17 unspecified atom stereocenters. The van der Waals surface area contributed by atoms with Gasteiger partial charge < -0.3 is 89.9 Å². The number of ether oxygens (including phenoxy) is 6. The maximum absolute atomic E-state index is 13.4. The first-order valence-corrected chi connectivity index (χ1v) is 34.7. The van der Waals surface area contributed by atoms with Gasteiger partial charge in [0.05, 0.1) is 38.6 Å². The Labute approximate surface area is 523 Å². The standard InChI is InChI=1S/C68H125NO18/c1-3-5-7-9-11-13-15-17-18-19-20-21-22-23-24-25-26-27-28-29-30-31-32-34-36-38-40-42-44-46-56(74)69-51(52(73)45-43-41-39-37-35-33-16-14-12-10-8-6-4-2)50-82-66-62(80)59(77)64(54(48-71)84-66)87-68-63(81)60(78)65(55(49-72)85-68)86-67-61(79)58(76)57(75)53(47-70)83-67/h19-20,35,37,43,45,51-55,57-68,70-73,75-81H,3-18,21-34,36,38-42,44,46-50H2,1-2H3,(H,69,74)/b20-19-,37-35+,45-43+. The molecule has 19 nitrogen and oxygen atoms in total. The first kappa shape index (κ1) is 79.2. The Morgan fingerprint density at radius 2 is 0.736 bits per heavy atom. The molecule has 17 atom stereocenters. The number of carbonyl (C=O) groups excluding carboxylic acids is 1. The van der Waals surface area contributed by atoms with Crippen LogP contribution in [-0.4, -0.2) is 193 Å². The average molecular weight is 1240 g/mol. The molecule has 87 heavy (non-hydrogen) atoms. The van der Waals surface area contributed by atoms with E-state index in [1.807, 2.05) is 6.08 Å². The highest BCUT2D eigenvalue weighted by atomic mass is 16.8. The van der Waals surface area contributed by atoms with E-state index in [1.54, 1.807) is 6.08 Å². The van der Waals surface area contributed by atoms with Gasteiger partial charge >= 0.3 is 0 Å². The summed E-state index contributed by atoms with van der Waals surface area (Å²) in [5, 5.41) is 120. The second-order valence-corrected chi connectivity index (χ2v) is 25.0. The van der Waals surface area contributed by atoms with Crippen molar-refractivity contribution in [2.45, 2.75) is 362 Å². The number of nitrogens with one attached hydrogen (secondary N) is 1. The van der Waals surface area contributed by atoms with Crippen molar-refractivity contribution >= 4 is 5.91 Å². The Kier molecular flexibility index (Phi) is 46.0. The molecule has 3 heterocycles. The largest absolute Gasteiger partial charge is 0.394 e. The quantitative estimate of drug-likeness (QED) is 0.0200. The Morgan fingerprint density at radius 3 is 1.15 bits per heavy atom. The number of unbranched alkanes of at least 4 members (excludes halogenated alkanes) is 33. The minimum atomic E-state index is -1.98. The van der Waals surface area contributed by atoms with Gasteiger partial charge in [-0.25, -0.2) is 0 Å². The van der Waals surface area contributed by atoms with Gasteiger partial charge in [0.1, 0.15) is 73.2 Å². The summed E-state index contributed by atoms with van der Waals surface area (Å²) in [6.07, 6.45) is 31.5. The fourth-order valence-electron chi connectivity index (χ4n) is 11.7. The van der Waals surface area contributed by atoms with E-state index in [1.165, 1.54) is 186 Å². The van der Waals surface area contributed by atoms with Gasteiger partial charge in [0.15, 0.2) is 18.9 Å². The number of carbonyl (C=O) groups is 1. The fourth-order valence-corrected chi connectivity index (χ4v) is 11.7. The van der Waals surface area contributed by atoms with Gasteiger partial charge in [-0.1, -0.05) is 230 Å². The molecule has 0 aromatic rings. The molecule has 3 aliphatic rings. The molecule has 19 heteroatoms. The van der Waals surface area contributed by atoms with Crippen LogP contribution in [0.15, 0.2) is 36.5 Å². The van der Waals surface area contributed by atoms with E-state index in [0.717, 1.165) is 38.5 Å². The van der Waals surface area contributed by atoms with Crippen LogP contribution in [0.2, 0.25) is 0 Å². The monoisotopic (exact) mass is 1240 g/mol. The third-order valence-corrected chi connectivity index (χ3v) is 17.4. The van der Waals surface area contributed by atoms with Gasteiger partial charge in [0.25, 0.3) is 0 Å². The molecule has 0 radical (unpaired) electrons. The number of aliphatic hydroxyl groups is 11. The van der Waals surface area contributed by atoms with Crippen molar-refractivity contribution in [2.24, 2.45) is 0 Å². The topological polar surface area (TPSA) is 307 Å². The molecule has 510 valence electrons. The maximum Gasteiger partial charge on any atom is 0.220 e. The fraction of sp³-hybridized carbons (Fsp3) is 0.897. The lowest BCUT2D eigenvalue weighted by Crippen LogP contribution is -2.66. The zero-order valence-electron chi connectivity index (χ0n) is 53.8. The summed E-state index contributed by atoms with van der Waals surface area (Å²) in [5.41, 5.74) is 0. The zero-order valence-corrected chi connectivity index (χ0v) is 53.8. The number of hydrogen-bond donors (Lipinski definition) is 12. The van der Waals surface area contributed by atoms with Crippen LogP contribution in [-0.2, 0) is 33.2 Å². The molecule has 1 amide bonds. The minimum Gasteiger partial charge on any atom is -0.394 e. The maximum atomic E-state index is 13.4. The lowest BCUT2D eigenvalue weighted by molar-refractivity contribution is -0.379. The summed E-state index contributed by atoms with van der Waals surface area (Å²) in [6.45, 7) is 1.71. The molecule has 0 spiro atoms. The van der Waals surface area contributed by atoms with E-state index in [4.69, 9.17) is 28.4 Å². The third kappa shape index (κ3) is 32.9. The van der Waals surface area contributed by atoms with Gasteiger partial charge in [-0.3, -0.25) is 4.79 Å². The van der Waals surface area contributed by atoms with E-state index in [-0.39, 0.29) is 18.9 Å². The van der Waals surface area contributed by atoms with Crippen LogP contribution in [0.3, 0.4) is 0 Å². The summed E-state index contributed by atoms with van der Waals surface area (Å²) in [7, 11) is 0. The lowest BCUT2D eigenvalue weighted by atomic mass is 9.96. The van der Waals surface area contributed by atoms with Crippen molar-refractivity contribution in [3.05, 3.63) is 36.5 Å². The van der Waals surface area contributed by atoms with Crippen LogP contribution in [0.5, 0.6) is 0 Å². The zero-order chi connectivity index (χ0) is 63.3. The van der Waals surface area contributed by atoms with Crippen molar-refractivity contribution in [2.75, 3.05) is 26.4 Å². The smallest absolute Gasteiger partial charge is 0.220 e. The predicted molar refractivity (Wildman–Crippen MR) is 337 cm³/mol. The van der Waals surface area contributed by atoms with Crippen molar-refractivity contribution in [3.63, 3.8) is 0 Å². The van der Waals surface area contributed by atoms with E-state index >= 15 is 0 Å². The highest BCUT2D eigenvalue weighted by Gasteiger charge is 2.53. The van der Waals surface area contributed by atoms with Crippen LogP contribution < -0.4 is 5.32 Å². The first-order valence-electron chi connectivity index (χ1n) is 34.7. The number of aliphatic hydroxyl groups excluding tert-OH is 11. The van der Waals surface area contributed by atoms with E-state index in [9.17, 15) is 61.0 Å². The summed E-state index contributed by atoms with van der Waals surface area (Å²) < 4.78 is 34.3. The Morgan fingerprint density at radius 1 is 0.402 bits per heavy atom. The summed E-state index contributed by atoms with van der Waals surface area (Å²) in [6, 6.07) is -0.987. The third-order valence-electron chi connectivity index (χ3n) is 17.4. The highest BCUT2D eigenvalue weighted by Crippen LogP contribution is 2.33. The van der Waals surface area contributed by atoms with Crippen LogP contribution in [0.25, 0.3) is 0 Å². The SMILES string of the molecule is CCCCCCCCC/C=C/CC/C=C/C(O)C(COC1OC(CO)C(OC2OC(CO)C(OC3OC(CO)C(O)C(O)C3O)C(O)C2O)C(O)C1O)NC(=O)CCCCCCCCCCCCCCCCCCC/C=C\CCCCCCCCCC. The van der Waals surface area contributed by atoms with Crippen LogP contribution >= 0.6 is 0 Å². The molecule has 3 saturated heterocycles. The van der Waals surface area contributed by atoms with Crippen molar-refractivity contribution < 1.29 is 89.4 Å². The molecule has 0 aromatic carbocycles. The number of rotatable bonds is 53. The van der Waals surface area contributed by atoms with E-state index in [0.29, 0.717) is 12.8 Å². The number of amides is 1. The highest BCUT2D eigenvalue weighted by molar-refractivity contribution is 5.76. The lowest BCUT2D eigenvalue weighted by Gasteiger charge is -2.48. The Bertz CT molecular complexity index is 1720. The molecular weight excluding hydrogens is 1120 g/mol. The second-order valence-electron chi connectivity index (χ2n) is 25.0. The molecular formula is C68H125NO18. The van der Waals surface area contributed by atoms with Crippen molar-refractivity contribution in [1.82, 2.24) is 5.32 Å². The number of allylic oxidation sites excluding steroid dienone is 5. The first-order chi connectivity index (χ1) is 42.3. The van der Waals surface area contributed by atoms with Gasteiger partial charge in [0, 0.05) is 6.42 Å². The molecule has 3 fully saturated rings. The van der Waals surface area contributed by atoms with Crippen molar-refractivity contribution in [1.29, 1.82) is 0 Å². The molecule has 0 bridgehead atoms. The van der Waals surface area contributed by atoms with Gasteiger partial charge in [-0.2, -0.15) is 0 Å². The molecule has 0 aromatic heterocycles. The van der Waals surface area contributed by atoms with Gasteiger partial charge in [-0.15, -0.1) is 0 Å². The minimum absolute atomic E-state index is 0.238. The van der Waals surface area contributed by atoms with E-state index in [2.05, 4.69) is 43.5 Å². The Balaban J connectivity index is 1.39. The molecule has 0 saturated carbocycles. The van der Waals surface area contributed by atoms with Crippen LogP contribution in [0, 0.1) is 0 Å². The molecule has 0 aliphatic carbocycles. The van der Waals surface area contributed by atoms with Gasteiger partial charge in [0.2, 0.25) is 5.91 Å². The molecule has 3 rings (SSSR count). The van der Waals surface area contributed by atoms with E-state index < -0.39 is 124 Å². The summed E-state index contributed by atoms with van der Waals surface area (Å²) >= 11 is 0. The summed E-state index contributed by atoms with van der Waals surface area (Å²) in [5.74, 6) is -0.283. The van der Waals surface area contributed by atoms with Crippen LogP contribution in [0.1, 0.15) is 258 Å². The number of hydrogen-bond acceptors (Lipinski definition) is 18. The molecule has 12 N–H and O–H groups in total. The normalized spacial score (nSPS) is 28.8. The molecule has 3 aliphatic heterocycles. The Hall–Kier alpha value is -1.99. The predicted octanol–water partition coefficient (Wildman–Crippen LogP) is 8.83.